The van der Waals surface area contributed by atoms with Gasteiger partial charge in [-0.1, -0.05) is 18.2 Å². The minimum Gasteiger partial charge on any atom is -0.383 e. The molecule has 5 rings (SSSR count). The summed E-state index contributed by atoms with van der Waals surface area (Å²) in [4.78, 5) is 21.7. The number of hydrogen-bond donors (Lipinski definition) is 0. The number of pyridine rings is 1. The molecule has 1 amide bonds. The fraction of sp³-hybridized carbons (Fsp3) is 0.474. The molecule has 0 unspecified atom stereocenters. The maximum Gasteiger partial charge on any atom is 0.227 e. The smallest absolute Gasteiger partial charge is 0.227 e. The van der Waals surface area contributed by atoms with E-state index in [4.69, 9.17) is 4.74 Å². The summed E-state index contributed by atoms with van der Waals surface area (Å²) in [6.45, 7) is 2.99. The number of benzene rings is 1. The Hall–Kier alpha value is -2.14. The molecule has 0 N–H and O–H groups in total. The number of hydrogen-bond acceptors (Lipinski definition) is 4. The lowest BCUT2D eigenvalue weighted by molar-refractivity contribution is -0.140. The van der Waals surface area contributed by atoms with Crippen LogP contribution in [0.1, 0.15) is 12.8 Å². The Morgan fingerprint density at radius 2 is 2.08 bits per heavy atom. The van der Waals surface area contributed by atoms with Crippen molar-refractivity contribution in [1.82, 2.24) is 9.88 Å². The summed E-state index contributed by atoms with van der Waals surface area (Å²) in [6.07, 6.45) is 3.95. The minimum atomic E-state index is 0.0903. The first-order chi connectivity index (χ1) is 11.8. The number of piperidine rings is 1. The van der Waals surface area contributed by atoms with E-state index >= 15 is 0 Å². The molecule has 1 aromatic heterocycles. The molecule has 2 aromatic rings. The van der Waals surface area contributed by atoms with Gasteiger partial charge in [-0.25, -0.2) is 0 Å². The number of anilines is 1. The SMILES string of the molecule is COCCN1C(=O)[C@@H]2CC[C@H]1CN(c1ccnc3ccccc13)C2. The van der Waals surface area contributed by atoms with Crippen molar-refractivity contribution in [2.75, 3.05) is 38.3 Å². The lowest BCUT2D eigenvalue weighted by Crippen LogP contribution is -2.49. The molecule has 3 saturated heterocycles. The number of para-hydroxylation sites is 1. The van der Waals surface area contributed by atoms with Crippen LogP contribution in [-0.4, -0.2) is 55.2 Å². The first-order valence-electron chi connectivity index (χ1n) is 8.66. The largest absolute Gasteiger partial charge is 0.383 e. The molecule has 0 spiro atoms. The molecule has 1 aromatic carbocycles. The average molecular weight is 325 g/mol. The molecule has 24 heavy (non-hydrogen) atoms. The Balaban J connectivity index is 1.67. The Labute approximate surface area is 142 Å². The number of rotatable bonds is 4. The van der Waals surface area contributed by atoms with Crippen LogP contribution < -0.4 is 4.90 Å². The highest BCUT2D eigenvalue weighted by Crippen LogP contribution is 2.34. The van der Waals surface area contributed by atoms with Gasteiger partial charge in [0.25, 0.3) is 0 Å². The van der Waals surface area contributed by atoms with Gasteiger partial charge in [-0.2, -0.15) is 0 Å². The fourth-order valence-corrected chi connectivity index (χ4v) is 4.08. The van der Waals surface area contributed by atoms with E-state index in [1.54, 1.807) is 7.11 Å². The number of aromatic nitrogens is 1. The second-order valence-corrected chi connectivity index (χ2v) is 6.70. The van der Waals surface area contributed by atoms with Gasteiger partial charge in [0.15, 0.2) is 0 Å². The molecule has 5 heteroatoms. The van der Waals surface area contributed by atoms with Crippen LogP contribution in [0.5, 0.6) is 0 Å². The molecule has 3 aliphatic heterocycles. The second kappa shape index (κ2) is 6.40. The lowest BCUT2D eigenvalue weighted by atomic mass is 9.94. The standard InChI is InChI=1S/C19H23N3O2/c1-24-11-10-22-15-7-6-14(19(22)23)12-21(13-15)18-8-9-20-17-5-3-2-4-16(17)18/h2-5,8-9,14-15H,6-7,10-13H2,1H3/t14-,15+/m1/s1. The highest BCUT2D eigenvalue weighted by atomic mass is 16.5. The quantitative estimate of drug-likeness (QED) is 0.865. The zero-order valence-electron chi connectivity index (χ0n) is 14.0. The summed E-state index contributed by atoms with van der Waals surface area (Å²) >= 11 is 0. The van der Waals surface area contributed by atoms with Crippen molar-refractivity contribution in [3.8, 4) is 0 Å². The predicted octanol–water partition coefficient (Wildman–Crippen LogP) is 2.31. The Bertz CT molecular complexity index is 743. The van der Waals surface area contributed by atoms with Crippen molar-refractivity contribution in [1.29, 1.82) is 0 Å². The molecular weight excluding hydrogens is 302 g/mol. The van der Waals surface area contributed by atoms with Gasteiger partial charge in [0.2, 0.25) is 5.91 Å². The van der Waals surface area contributed by atoms with Crippen molar-refractivity contribution in [3.63, 3.8) is 0 Å². The Kier molecular flexibility index (Phi) is 4.10. The van der Waals surface area contributed by atoms with Gasteiger partial charge in [0.1, 0.15) is 0 Å². The van der Waals surface area contributed by atoms with Gasteiger partial charge in [-0.05, 0) is 25.0 Å². The van der Waals surface area contributed by atoms with E-state index in [0.717, 1.165) is 36.8 Å². The molecule has 5 nitrogen and oxygen atoms in total. The number of ether oxygens (including phenoxy) is 1. The van der Waals surface area contributed by atoms with Crippen LogP contribution in [0.25, 0.3) is 10.9 Å². The number of amides is 1. The van der Waals surface area contributed by atoms with Crippen LogP contribution in [0.4, 0.5) is 5.69 Å². The van der Waals surface area contributed by atoms with Crippen molar-refractivity contribution in [2.45, 2.75) is 18.9 Å². The number of carbonyl (C=O) groups excluding carboxylic acids is 1. The van der Waals surface area contributed by atoms with Crippen LogP contribution in [0, 0.1) is 5.92 Å². The van der Waals surface area contributed by atoms with Crippen LogP contribution in [0.2, 0.25) is 0 Å². The minimum absolute atomic E-state index is 0.0903. The van der Waals surface area contributed by atoms with E-state index in [1.807, 2.05) is 23.2 Å². The summed E-state index contributed by atoms with van der Waals surface area (Å²) in [6, 6.07) is 10.6. The van der Waals surface area contributed by atoms with Crippen molar-refractivity contribution >= 4 is 22.5 Å². The van der Waals surface area contributed by atoms with Crippen molar-refractivity contribution < 1.29 is 9.53 Å². The third-order valence-corrected chi connectivity index (χ3v) is 5.30. The molecule has 0 radical (unpaired) electrons. The number of nitrogens with zero attached hydrogens (tertiary/aromatic N) is 3. The predicted molar refractivity (Wildman–Crippen MR) is 94.1 cm³/mol. The molecule has 3 aliphatic rings. The number of methoxy groups -OCH3 is 1. The van der Waals surface area contributed by atoms with Gasteiger partial charge in [-0.3, -0.25) is 9.78 Å². The monoisotopic (exact) mass is 325 g/mol. The van der Waals surface area contributed by atoms with Crippen molar-refractivity contribution in [3.05, 3.63) is 36.5 Å². The third-order valence-electron chi connectivity index (χ3n) is 5.30. The first kappa shape index (κ1) is 15.4. The summed E-state index contributed by atoms with van der Waals surface area (Å²) < 4.78 is 5.19. The normalized spacial score (nSPS) is 23.8. The molecule has 2 bridgehead atoms. The second-order valence-electron chi connectivity index (χ2n) is 6.70. The van der Waals surface area contributed by atoms with Crippen LogP contribution in [0.3, 0.4) is 0 Å². The molecule has 0 aliphatic carbocycles. The maximum absolute atomic E-state index is 12.8. The molecule has 3 fully saturated rings. The van der Waals surface area contributed by atoms with Gasteiger partial charge < -0.3 is 14.5 Å². The highest BCUT2D eigenvalue weighted by molar-refractivity contribution is 5.92. The maximum atomic E-state index is 12.8. The van der Waals surface area contributed by atoms with E-state index in [2.05, 4.69) is 28.1 Å². The summed E-state index contributed by atoms with van der Waals surface area (Å²) in [5.41, 5.74) is 2.20. The van der Waals surface area contributed by atoms with Gasteiger partial charge >= 0.3 is 0 Å². The molecule has 4 heterocycles. The molecule has 126 valence electrons. The van der Waals surface area contributed by atoms with E-state index < -0.39 is 0 Å². The van der Waals surface area contributed by atoms with E-state index in [9.17, 15) is 4.79 Å². The van der Waals surface area contributed by atoms with Gasteiger partial charge in [0.05, 0.1) is 18.0 Å². The summed E-state index contributed by atoms with van der Waals surface area (Å²) in [7, 11) is 1.69. The zero-order valence-corrected chi connectivity index (χ0v) is 14.0. The van der Waals surface area contributed by atoms with Crippen LogP contribution >= 0.6 is 0 Å². The first-order valence-corrected chi connectivity index (χ1v) is 8.66. The molecule has 2 atom stereocenters. The third kappa shape index (κ3) is 2.63. The Morgan fingerprint density at radius 3 is 2.96 bits per heavy atom. The Morgan fingerprint density at radius 1 is 1.21 bits per heavy atom. The molecular formula is C19H23N3O2. The van der Waals surface area contributed by atoms with E-state index in [1.165, 1.54) is 5.69 Å². The van der Waals surface area contributed by atoms with Crippen LogP contribution in [0.15, 0.2) is 36.5 Å². The van der Waals surface area contributed by atoms with Crippen molar-refractivity contribution in [2.24, 2.45) is 5.92 Å². The van der Waals surface area contributed by atoms with E-state index in [0.29, 0.717) is 19.1 Å². The van der Waals surface area contributed by atoms with Crippen LogP contribution in [-0.2, 0) is 9.53 Å². The van der Waals surface area contributed by atoms with Gasteiger partial charge in [-0.15, -0.1) is 0 Å². The number of fused-ring (bicyclic) bond motifs is 5. The number of carbonyl (C=O) groups is 1. The van der Waals surface area contributed by atoms with Gasteiger partial charge in [0, 0.05) is 50.1 Å². The summed E-state index contributed by atoms with van der Waals surface area (Å²) in [5.74, 6) is 0.386. The topological polar surface area (TPSA) is 45.7 Å². The zero-order chi connectivity index (χ0) is 16.5. The van der Waals surface area contributed by atoms with E-state index in [-0.39, 0.29) is 12.0 Å². The molecule has 0 saturated carbocycles. The fourth-order valence-electron chi connectivity index (χ4n) is 4.08. The average Bonchev–Trinajstić information content (AvgIpc) is 2.91. The highest BCUT2D eigenvalue weighted by Gasteiger charge is 2.40. The summed E-state index contributed by atoms with van der Waals surface area (Å²) in [5, 5.41) is 1.16. The lowest BCUT2D eigenvalue weighted by Gasteiger charge is -2.35.